The van der Waals surface area contributed by atoms with Crippen molar-refractivity contribution in [3.63, 3.8) is 0 Å². The fourth-order valence-electron chi connectivity index (χ4n) is 2.36. The Bertz CT molecular complexity index is 913. The summed E-state index contributed by atoms with van der Waals surface area (Å²) < 4.78 is 2.43. The Kier molecular flexibility index (Phi) is 2.50. The standard InChI is InChI=1S/C16H11N3S/c1-10-15-14(12-4-2-3-5-13(12)20-15)19-16(18-10)11-6-8-17-9-7-11/h2-9H,1H3. The lowest BCUT2D eigenvalue weighted by atomic mass is 10.2. The highest BCUT2D eigenvalue weighted by atomic mass is 32.1. The van der Waals surface area contributed by atoms with Crippen LogP contribution in [0.1, 0.15) is 5.69 Å². The lowest BCUT2D eigenvalue weighted by molar-refractivity contribution is 1.16. The van der Waals surface area contributed by atoms with Gasteiger partial charge in [0.05, 0.1) is 15.9 Å². The fraction of sp³-hybridized carbons (Fsp3) is 0.0625. The Hall–Kier alpha value is -2.33. The second kappa shape index (κ2) is 4.35. The maximum Gasteiger partial charge on any atom is 0.160 e. The highest BCUT2D eigenvalue weighted by Gasteiger charge is 2.12. The summed E-state index contributed by atoms with van der Waals surface area (Å²) in [5.74, 6) is 0.765. The van der Waals surface area contributed by atoms with Crippen molar-refractivity contribution >= 4 is 31.6 Å². The van der Waals surface area contributed by atoms with Gasteiger partial charge in [-0.25, -0.2) is 9.97 Å². The van der Waals surface area contributed by atoms with Crippen molar-refractivity contribution < 1.29 is 0 Å². The van der Waals surface area contributed by atoms with Gasteiger partial charge in [-0.2, -0.15) is 0 Å². The van der Waals surface area contributed by atoms with Gasteiger partial charge in [0.1, 0.15) is 0 Å². The molecule has 4 aromatic rings. The summed E-state index contributed by atoms with van der Waals surface area (Å²) in [6.45, 7) is 2.05. The van der Waals surface area contributed by atoms with E-state index in [2.05, 4.69) is 34.2 Å². The number of nitrogens with zero attached hydrogens (tertiary/aromatic N) is 3. The zero-order chi connectivity index (χ0) is 13.5. The van der Waals surface area contributed by atoms with Gasteiger partial charge >= 0.3 is 0 Å². The van der Waals surface area contributed by atoms with Gasteiger partial charge < -0.3 is 0 Å². The second-order valence-electron chi connectivity index (χ2n) is 4.64. The molecule has 3 aromatic heterocycles. The molecule has 96 valence electrons. The van der Waals surface area contributed by atoms with E-state index in [1.807, 2.05) is 19.1 Å². The molecule has 4 rings (SSSR count). The monoisotopic (exact) mass is 277 g/mol. The highest BCUT2D eigenvalue weighted by Crippen LogP contribution is 2.34. The van der Waals surface area contributed by atoms with E-state index in [-0.39, 0.29) is 0 Å². The minimum atomic E-state index is 0.765. The molecule has 0 N–H and O–H groups in total. The third-order valence-corrected chi connectivity index (χ3v) is 4.60. The van der Waals surface area contributed by atoms with Crippen LogP contribution in [0.2, 0.25) is 0 Å². The number of aryl methyl sites for hydroxylation is 1. The minimum Gasteiger partial charge on any atom is -0.265 e. The first-order valence-electron chi connectivity index (χ1n) is 6.39. The maximum absolute atomic E-state index is 4.77. The number of thiophene rings is 1. The van der Waals surface area contributed by atoms with E-state index >= 15 is 0 Å². The molecular weight excluding hydrogens is 266 g/mol. The third-order valence-electron chi connectivity index (χ3n) is 3.33. The SMILES string of the molecule is Cc1nc(-c2ccncc2)nc2c1sc1ccccc12. The Morgan fingerprint density at radius 2 is 1.75 bits per heavy atom. The average Bonchev–Trinajstić information content (AvgIpc) is 2.88. The molecule has 20 heavy (non-hydrogen) atoms. The predicted molar refractivity (Wildman–Crippen MR) is 82.9 cm³/mol. The Morgan fingerprint density at radius 3 is 2.60 bits per heavy atom. The first-order valence-corrected chi connectivity index (χ1v) is 7.21. The molecule has 0 atom stereocenters. The van der Waals surface area contributed by atoms with Gasteiger partial charge in [-0.3, -0.25) is 4.98 Å². The van der Waals surface area contributed by atoms with E-state index in [0.717, 1.165) is 22.6 Å². The quantitative estimate of drug-likeness (QED) is 0.523. The second-order valence-corrected chi connectivity index (χ2v) is 5.70. The Labute approximate surface area is 120 Å². The lowest BCUT2D eigenvalue weighted by Gasteiger charge is -2.02. The largest absolute Gasteiger partial charge is 0.265 e. The van der Waals surface area contributed by atoms with Crippen LogP contribution in [0.15, 0.2) is 48.8 Å². The number of rotatable bonds is 1. The van der Waals surface area contributed by atoms with Gasteiger partial charge in [0.15, 0.2) is 5.82 Å². The predicted octanol–water partition coefficient (Wildman–Crippen LogP) is 4.21. The van der Waals surface area contributed by atoms with Crippen LogP contribution >= 0.6 is 11.3 Å². The normalized spacial score (nSPS) is 11.2. The van der Waals surface area contributed by atoms with Crippen LogP contribution in [0, 0.1) is 6.92 Å². The van der Waals surface area contributed by atoms with Crippen molar-refractivity contribution in [1.29, 1.82) is 0 Å². The Balaban J connectivity index is 2.08. The van der Waals surface area contributed by atoms with Crippen molar-refractivity contribution in [2.75, 3.05) is 0 Å². The number of aromatic nitrogens is 3. The molecule has 1 aromatic carbocycles. The molecule has 0 fully saturated rings. The van der Waals surface area contributed by atoms with Crippen LogP contribution < -0.4 is 0 Å². The lowest BCUT2D eigenvalue weighted by Crippen LogP contribution is -1.92. The number of hydrogen-bond acceptors (Lipinski definition) is 4. The first kappa shape index (κ1) is 11.5. The minimum absolute atomic E-state index is 0.765. The fourth-order valence-corrected chi connectivity index (χ4v) is 3.45. The van der Waals surface area contributed by atoms with Gasteiger partial charge in [0.2, 0.25) is 0 Å². The molecule has 0 saturated heterocycles. The van der Waals surface area contributed by atoms with E-state index in [1.165, 1.54) is 14.8 Å². The van der Waals surface area contributed by atoms with Crippen LogP contribution in [0.3, 0.4) is 0 Å². The van der Waals surface area contributed by atoms with Crippen LogP contribution in [0.4, 0.5) is 0 Å². The Morgan fingerprint density at radius 1 is 0.950 bits per heavy atom. The van der Waals surface area contributed by atoms with Gasteiger partial charge in [-0.15, -0.1) is 11.3 Å². The highest BCUT2D eigenvalue weighted by molar-refractivity contribution is 7.25. The van der Waals surface area contributed by atoms with E-state index in [4.69, 9.17) is 4.98 Å². The maximum atomic E-state index is 4.77. The van der Waals surface area contributed by atoms with Gasteiger partial charge in [-0.05, 0) is 25.1 Å². The van der Waals surface area contributed by atoms with Crippen molar-refractivity contribution in [3.8, 4) is 11.4 Å². The summed E-state index contributed by atoms with van der Waals surface area (Å²) in [4.78, 5) is 13.4. The molecule has 0 aliphatic heterocycles. The van der Waals surface area contributed by atoms with E-state index in [1.54, 1.807) is 23.7 Å². The van der Waals surface area contributed by atoms with Gasteiger partial charge in [0, 0.05) is 28.0 Å². The molecule has 0 amide bonds. The molecular formula is C16H11N3S. The average molecular weight is 277 g/mol. The van der Waals surface area contributed by atoms with Crippen LogP contribution in [0.5, 0.6) is 0 Å². The summed E-state index contributed by atoms with van der Waals surface area (Å²) in [6.07, 6.45) is 3.54. The molecule has 0 saturated carbocycles. The van der Waals surface area contributed by atoms with Crippen molar-refractivity contribution in [2.45, 2.75) is 6.92 Å². The molecule has 3 heterocycles. The molecule has 0 spiro atoms. The van der Waals surface area contributed by atoms with Crippen LogP contribution in [-0.4, -0.2) is 15.0 Å². The van der Waals surface area contributed by atoms with Crippen molar-refractivity contribution in [1.82, 2.24) is 15.0 Å². The van der Waals surface area contributed by atoms with E-state index in [0.29, 0.717) is 0 Å². The smallest absolute Gasteiger partial charge is 0.160 e. The summed E-state index contributed by atoms with van der Waals surface area (Å²) in [6, 6.07) is 12.2. The number of fused-ring (bicyclic) bond motifs is 3. The van der Waals surface area contributed by atoms with Crippen molar-refractivity contribution in [3.05, 3.63) is 54.5 Å². The zero-order valence-electron chi connectivity index (χ0n) is 10.9. The molecule has 0 unspecified atom stereocenters. The molecule has 0 bridgehead atoms. The van der Waals surface area contributed by atoms with E-state index < -0.39 is 0 Å². The molecule has 0 aliphatic rings. The number of pyridine rings is 1. The summed E-state index contributed by atoms with van der Waals surface area (Å²) in [7, 11) is 0. The van der Waals surface area contributed by atoms with Gasteiger partial charge in [-0.1, -0.05) is 18.2 Å². The van der Waals surface area contributed by atoms with Gasteiger partial charge in [0.25, 0.3) is 0 Å². The summed E-state index contributed by atoms with van der Waals surface area (Å²) >= 11 is 1.75. The molecule has 4 heteroatoms. The van der Waals surface area contributed by atoms with E-state index in [9.17, 15) is 0 Å². The molecule has 0 aliphatic carbocycles. The first-order chi connectivity index (χ1) is 9.83. The molecule has 0 radical (unpaired) electrons. The number of benzene rings is 1. The topological polar surface area (TPSA) is 38.7 Å². The summed E-state index contributed by atoms with van der Waals surface area (Å²) in [5, 5.41) is 1.20. The van der Waals surface area contributed by atoms with Crippen LogP contribution in [-0.2, 0) is 0 Å². The molecule has 3 nitrogen and oxygen atoms in total. The van der Waals surface area contributed by atoms with Crippen molar-refractivity contribution in [2.24, 2.45) is 0 Å². The van der Waals surface area contributed by atoms with Crippen LogP contribution in [0.25, 0.3) is 31.7 Å². The zero-order valence-corrected chi connectivity index (χ0v) is 11.7. The summed E-state index contributed by atoms with van der Waals surface area (Å²) in [5.41, 5.74) is 3.08. The third kappa shape index (κ3) is 1.69. The number of hydrogen-bond donors (Lipinski definition) is 0.